The maximum atomic E-state index is 12.5. The van der Waals surface area contributed by atoms with Gasteiger partial charge < -0.3 is 19.9 Å². The summed E-state index contributed by atoms with van der Waals surface area (Å²) < 4.78 is 10.8. The maximum absolute atomic E-state index is 12.5. The summed E-state index contributed by atoms with van der Waals surface area (Å²) >= 11 is 6.62. The molecular formula is C32H42ClNO6. The van der Waals surface area contributed by atoms with Crippen LogP contribution >= 0.6 is 11.6 Å². The number of benzene rings is 2. The van der Waals surface area contributed by atoms with Crippen LogP contribution in [0.4, 0.5) is 5.69 Å². The van der Waals surface area contributed by atoms with Crippen molar-refractivity contribution >= 4 is 35.1 Å². The minimum Gasteiger partial charge on any atom is -0.479 e. The Hall–Kier alpha value is -3.06. The zero-order valence-corrected chi connectivity index (χ0v) is 24.4. The maximum Gasteiger partial charge on any atom is 0.344 e. The van der Waals surface area contributed by atoms with Crippen LogP contribution in [0.5, 0.6) is 11.5 Å². The second kappa shape index (κ2) is 16.3. The lowest BCUT2D eigenvalue weighted by Gasteiger charge is -2.26. The molecule has 0 spiro atoms. The van der Waals surface area contributed by atoms with E-state index in [1.165, 1.54) is 70.8 Å². The first-order valence-electron chi connectivity index (χ1n) is 14.6. The number of carbonyl (C=O) groups is 3. The van der Waals surface area contributed by atoms with Crippen LogP contribution in [0.3, 0.4) is 0 Å². The summed E-state index contributed by atoms with van der Waals surface area (Å²) in [5.74, 6) is -1.27. The molecule has 2 N–H and O–H groups in total. The smallest absolute Gasteiger partial charge is 0.344 e. The third kappa shape index (κ3) is 9.84. The lowest BCUT2D eigenvalue weighted by molar-refractivity contribution is -0.144. The van der Waals surface area contributed by atoms with Gasteiger partial charge in [-0.25, -0.2) is 4.79 Å². The van der Waals surface area contributed by atoms with Crippen LogP contribution < -0.4 is 14.8 Å². The van der Waals surface area contributed by atoms with Gasteiger partial charge in [0.25, 0.3) is 0 Å². The number of ether oxygens (including phenoxy) is 2. The van der Waals surface area contributed by atoms with Crippen LogP contribution in [0, 0.1) is 0 Å². The Balaban J connectivity index is 1.48. The van der Waals surface area contributed by atoms with E-state index >= 15 is 0 Å². The van der Waals surface area contributed by atoms with Crippen molar-refractivity contribution in [2.45, 2.75) is 109 Å². The number of hydrogen-bond acceptors (Lipinski definition) is 5. The number of carboxylic acids is 1. The number of halogens is 1. The molecule has 218 valence electrons. The van der Waals surface area contributed by atoms with Gasteiger partial charge in [-0.15, -0.1) is 0 Å². The number of unbranched alkanes of at least 4 members (excludes halogenated alkanes) is 10. The second-order valence-corrected chi connectivity index (χ2v) is 11.0. The van der Waals surface area contributed by atoms with Gasteiger partial charge in [0.2, 0.25) is 5.91 Å². The van der Waals surface area contributed by atoms with E-state index in [0.717, 1.165) is 24.0 Å². The molecule has 0 saturated carbocycles. The Morgan fingerprint density at radius 1 is 0.975 bits per heavy atom. The van der Waals surface area contributed by atoms with E-state index in [2.05, 4.69) is 12.2 Å². The Morgan fingerprint density at radius 3 is 2.23 bits per heavy atom. The van der Waals surface area contributed by atoms with E-state index in [1.54, 1.807) is 24.3 Å². The summed E-state index contributed by atoms with van der Waals surface area (Å²) in [5.41, 5.74) is 2.12. The fourth-order valence-corrected chi connectivity index (χ4v) is 5.31. The number of rotatable bonds is 17. The Morgan fingerprint density at radius 2 is 1.60 bits per heavy atom. The minimum absolute atomic E-state index is 0.0329. The first-order valence-corrected chi connectivity index (χ1v) is 15.0. The highest BCUT2D eigenvalue weighted by atomic mass is 35.5. The number of carboxylic acid groups (broad SMARTS) is 1. The molecule has 0 bridgehead atoms. The predicted molar refractivity (Wildman–Crippen MR) is 157 cm³/mol. The van der Waals surface area contributed by atoms with Gasteiger partial charge in [-0.1, -0.05) is 94.9 Å². The predicted octanol–water partition coefficient (Wildman–Crippen LogP) is 8.27. The Bertz CT molecular complexity index is 1150. The zero-order chi connectivity index (χ0) is 28.9. The van der Waals surface area contributed by atoms with Crippen LogP contribution in [0.15, 0.2) is 36.4 Å². The number of nitrogens with one attached hydrogen (secondary N) is 1. The molecule has 2 aromatic rings. The molecule has 1 unspecified atom stereocenters. The van der Waals surface area contributed by atoms with E-state index in [1.807, 2.05) is 6.07 Å². The number of carbonyl (C=O) groups excluding carboxylic acids is 2. The third-order valence-corrected chi connectivity index (χ3v) is 7.61. The molecule has 0 fully saturated rings. The molecule has 40 heavy (non-hydrogen) atoms. The summed E-state index contributed by atoms with van der Waals surface area (Å²) in [6, 6.07) is 10.3. The third-order valence-electron chi connectivity index (χ3n) is 7.28. The zero-order valence-electron chi connectivity index (χ0n) is 23.7. The average Bonchev–Trinajstić information content (AvgIpc) is 2.91. The minimum atomic E-state index is -1.09. The van der Waals surface area contributed by atoms with E-state index in [0.29, 0.717) is 28.6 Å². The summed E-state index contributed by atoms with van der Waals surface area (Å²) in [7, 11) is 0. The van der Waals surface area contributed by atoms with Gasteiger partial charge in [0.05, 0.1) is 6.42 Å². The van der Waals surface area contributed by atoms with E-state index in [9.17, 15) is 14.4 Å². The van der Waals surface area contributed by atoms with Crippen molar-refractivity contribution < 1.29 is 29.0 Å². The molecule has 2 atom stereocenters. The Kier molecular flexibility index (Phi) is 12.8. The molecule has 0 radical (unpaired) electrons. The number of amides is 1. The fourth-order valence-electron chi connectivity index (χ4n) is 5.00. The van der Waals surface area contributed by atoms with Crippen molar-refractivity contribution in [3.05, 3.63) is 52.5 Å². The van der Waals surface area contributed by atoms with E-state index in [-0.39, 0.29) is 18.2 Å². The lowest BCUT2D eigenvalue weighted by Crippen LogP contribution is -2.24. The number of hydrogen-bond donors (Lipinski definition) is 2. The molecule has 0 saturated heterocycles. The molecule has 1 amide bonds. The lowest BCUT2D eigenvalue weighted by atomic mass is 9.86. The van der Waals surface area contributed by atoms with Gasteiger partial charge in [0.1, 0.15) is 11.5 Å². The van der Waals surface area contributed by atoms with Crippen LogP contribution in [-0.2, 0) is 14.4 Å². The summed E-state index contributed by atoms with van der Waals surface area (Å²) in [6.45, 7) is 3.67. The standard InChI is InChI=1S/C32H42ClNO6/c1-3-4-5-6-7-8-9-10-11-12-13-14-30(35)34-23-15-17-25(28(33)19-23)27-21-31(36)40-29-20-24(16-18-26(27)29)39-22(2)32(37)38/h15-20,22,27H,3-14,21H2,1-2H3,(H,34,35)(H,37,38)/t22-,27?/m1/s1. The van der Waals surface area contributed by atoms with Crippen molar-refractivity contribution in [2.75, 3.05) is 5.32 Å². The molecule has 1 aliphatic rings. The van der Waals surface area contributed by atoms with Gasteiger partial charge in [-0.3, -0.25) is 9.59 Å². The van der Waals surface area contributed by atoms with Crippen molar-refractivity contribution in [1.29, 1.82) is 0 Å². The monoisotopic (exact) mass is 571 g/mol. The van der Waals surface area contributed by atoms with Crippen molar-refractivity contribution in [3.63, 3.8) is 0 Å². The molecule has 2 aromatic carbocycles. The molecule has 8 heteroatoms. The van der Waals surface area contributed by atoms with Gasteiger partial charge in [0, 0.05) is 34.7 Å². The number of anilines is 1. The van der Waals surface area contributed by atoms with Crippen LogP contribution in [0.1, 0.15) is 114 Å². The molecule has 3 rings (SSSR count). The van der Waals surface area contributed by atoms with Crippen molar-refractivity contribution in [2.24, 2.45) is 0 Å². The van der Waals surface area contributed by atoms with E-state index in [4.69, 9.17) is 26.2 Å². The molecule has 0 aliphatic carbocycles. The van der Waals surface area contributed by atoms with Gasteiger partial charge in [-0.05, 0) is 37.1 Å². The van der Waals surface area contributed by atoms with Gasteiger partial charge >= 0.3 is 11.9 Å². The Labute approximate surface area is 242 Å². The summed E-state index contributed by atoms with van der Waals surface area (Å²) in [6.07, 6.45) is 13.2. The van der Waals surface area contributed by atoms with Crippen molar-refractivity contribution in [3.8, 4) is 11.5 Å². The molecular weight excluding hydrogens is 530 g/mol. The number of fused-ring (bicyclic) bond motifs is 1. The van der Waals surface area contributed by atoms with E-state index < -0.39 is 18.0 Å². The summed E-state index contributed by atoms with van der Waals surface area (Å²) in [5, 5.41) is 12.5. The number of esters is 1. The highest BCUT2D eigenvalue weighted by Gasteiger charge is 2.30. The first-order chi connectivity index (χ1) is 19.3. The second-order valence-electron chi connectivity index (χ2n) is 10.6. The quantitative estimate of drug-likeness (QED) is 0.112. The molecule has 1 aliphatic heterocycles. The van der Waals surface area contributed by atoms with Gasteiger partial charge in [0.15, 0.2) is 6.10 Å². The van der Waals surface area contributed by atoms with Crippen molar-refractivity contribution in [1.82, 2.24) is 0 Å². The highest BCUT2D eigenvalue weighted by Crippen LogP contribution is 2.43. The highest BCUT2D eigenvalue weighted by molar-refractivity contribution is 6.31. The summed E-state index contributed by atoms with van der Waals surface area (Å²) in [4.78, 5) is 35.9. The molecule has 0 aromatic heterocycles. The van der Waals surface area contributed by atoms with Crippen LogP contribution in [-0.4, -0.2) is 29.1 Å². The normalized spacial score (nSPS) is 15.2. The first kappa shape index (κ1) is 31.5. The largest absolute Gasteiger partial charge is 0.479 e. The average molecular weight is 572 g/mol. The van der Waals surface area contributed by atoms with Crippen LogP contribution in [0.2, 0.25) is 5.02 Å². The fraction of sp³-hybridized carbons (Fsp3) is 0.531. The molecule has 1 heterocycles. The van der Waals surface area contributed by atoms with Crippen LogP contribution in [0.25, 0.3) is 0 Å². The van der Waals surface area contributed by atoms with Gasteiger partial charge in [-0.2, -0.15) is 0 Å². The molecule has 7 nitrogen and oxygen atoms in total. The number of aliphatic carboxylic acids is 1. The topological polar surface area (TPSA) is 102 Å². The SMILES string of the molecule is CCCCCCCCCCCCCC(=O)Nc1ccc(C2CC(=O)Oc3cc(O[C@H](C)C(=O)O)ccc32)c(Cl)c1.